The Kier molecular flexibility index (Phi) is 7.57. The highest BCUT2D eigenvalue weighted by molar-refractivity contribution is 7.89. The molecule has 3 N–H and O–H groups in total. The molecule has 0 atom stereocenters. The fraction of sp³-hybridized carbons (Fsp3) is 0.500. The molecular formula is C24H30N4O4S2. The van der Waals surface area contributed by atoms with Gasteiger partial charge in [-0.2, -0.15) is 5.26 Å². The van der Waals surface area contributed by atoms with Gasteiger partial charge in [0, 0.05) is 30.1 Å². The van der Waals surface area contributed by atoms with Gasteiger partial charge in [-0.1, -0.05) is 25.3 Å². The Balaban J connectivity index is 1.45. The second-order valence-corrected chi connectivity index (χ2v) is 11.7. The van der Waals surface area contributed by atoms with Crippen LogP contribution in [0.15, 0.2) is 23.1 Å². The minimum atomic E-state index is -3.93. The van der Waals surface area contributed by atoms with Gasteiger partial charge in [-0.05, 0) is 42.9 Å². The number of sulfonamides is 1. The molecule has 1 aliphatic heterocycles. The minimum absolute atomic E-state index is 0.0164. The van der Waals surface area contributed by atoms with Crippen molar-refractivity contribution in [1.29, 1.82) is 5.26 Å². The number of methoxy groups -OCH3 is 1. The number of hydrogen-bond donors (Lipinski definition) is 2. The van der Waals surface area contributed by atoms with Gasteiger partial charge < -0.3 is 10.1 Å². The average molecular weight is 503 g/mol. The summed E-state index contributed by atoms with van der Waals surface area (Å²) in [7, 11) is -2.58. The van der Waals surface area contributed by atoms with Gasteiger partial charge in [-0.15, -0.1) is 11.3 Å². The van der Waals surface area contributed by atoms with E-state index >= 15 is 0 Å². The van der Waals surface area contributed by atoms with Crippen LogP contribution in [0, 0.1) is 17.2 Å². The van der Waals surface area contributed by atoms with Gasteiger partial charge in [0.15, 0.2) is 0 Å². The van der Waals surface area contributed by atoms with E-state index in [0.717, 1.165) is 37.5 Å². The zero-order valence-electron chi connectivity index (χ0n) is 19.3. The first-order valence-electron chi connectivity index (χ1n) is 11.5. The molecule has 0 bridgehead atoms. The van der Waals surface area contributed by atoms with Gasteiger partial charge in [0.2, 0.25) is 15.9 Å². The van der Waals surface area contributed by atoms with Crippen molar-refractivity contribution in [3.05, 3.63) is 39.8 Å². The van der Waals surface area contributed by atoms with Crippen LogP contribution in [0.25, 0.3) is 0 Å². The number of primary sulfonamides is 1. The summed E-state index contributed by atoms with van der Waals surface area (Å²) in [6.45, 7) is 2.82. The number of carbonyl (C=O) groups is 1. The van der Waals surface area contributed by atoms with Crippen molar-refractivity contribution in [3.63, 3.8) is 0 Å². The number of hydrogen-bond acceptors (Lipinski definition) is 7. The molecule has 0 radical (unpaired) electrons. The molecule has 1 aromatic carbocycles. The van der Waals surface area contributed by atoms with Crippen molar-refractivity contribution in [2.75, 3.05) is 25.5 Å². The van der Waals surface area contributed by atoms with E-state index in [0.29, 0.717) is 16.1 Å². The summed E-state index contributed by atoms with van der Waals surface area (Å²) in [4.78, 5) is 16.3. The highest BCUT2D eigenvalue weighted by Gasteiger charge is 2.27. The maximum atomic E-state index is 12.8. The fourth-order valence-corrected chi connectivity index (χ4v) is 6.80. The third-order valence-electron chi connectivity index (χ3n) is 6.63. The second-order valence-electron chi connectivity index (χ2n) is 9.06. The summed E-state index contributed by atoms with van der Waals surface area (Å²) < 4.78 is 28.5. The highest BCUT2D eigenvalue weighted by Crippen LogP contribution is 2.37. The lowest BCUT2D eigenvalue weighted by Gasteiger charge is -2.32. The van der Waals surface area contributed by atoms with Gasteiger partial charge in [0.1, 0.15) is 21.7 Å². The Bertz CT molecular complexity index is 1210. The molecule has 0 unspecified atom stereocenters. The number of nitriles is 1. The van der Waals surface area contributed by atoms with E-state index in [-0.39, 0.29) is 23.0 Å². The van der Waals surface area contributed by atoms with E-state index in [2.05, 4.69) is 16.3 Å². The van der Waals surface area contributed by atoms with Crippen LogP contribution in [0.1, 0.15) is 53.7 Å². The topological polar surface area (TPSA) is 126 Å². The molecule has 0 spiro atoms. The second kappa shape index (κ2) is 10.4. The Hall–Kier alpha value is -2.45. The molecule has 0 saturated heterocycles. The molecule has 1 fully saturated rings. The van der Waals surface area contributed by atoms with E-state index in [4.69, 9.17) is 9.88 Å². The quantitative estimate of drug-likeness (QED) is 0.598. The molecule has 8 nitrogen and oxygen atoms in total. The largest absolute Gasteiger partial charge is 0.495 e. The standard InChI is InChI=1S/C24H30N4O4S2/c1-32-20-11-17(7-8-22(20)34(26,30)31)12-23(29)27-24-18(13-25)19-15-28(10-9-21(19)33-24)14-16-5-3-2-4-6-16/h7-8,11,16H,2-6,9-10,12,14-15H2,1H3,(H,27,29)(H2,26,30,31). The molecule has 182 valence electrons. The third-order valence-corrected chi connectivity index (χ3v) is 8.79. The predicted molar refractivity (Wildman–Crippen MR) is 131 cm³/mol. The van der Waals surface area contributed by atoms with Crippen molar-refractivity contribution in [2.45, 2.75) is 56.4 Å². The number of nitrogens with two attached hydrogens (primary N) is 1. The number of anilines is 1. The summed E-state index contributed by atoms with van der Waals surface area (Å²) in [6.07, 6.45) is 7.48. The van der Waals surface area contributed by atoms with Crippen LogP contribution in [0.2, 0.25) is 0 Å². The number of thiophene rings is 1. The van der Waals surface area contributed by atoms with Crippen LogP contribution in [0.3, 0.4) is 0 Å². The third kappa shape index (κ3) is 5.61. The zero-order chi connectivity index (χ0) is 24.3. The van der Waals surface area contributed by atoms with Crippen molar-refractivity contribution in [3.8, 4) is 11.8 Å². The summed E-state index contributed by atoms with van der Waals surface area (Å²) in [5, 5.41) is 18.5. The van der Waals surface area contributed by atoms with Crippen LogP contribution in [-0.2, 0) is 34.2 Å². The first kappa shape index (κ1) is 24.7. The van der Waals surface area contributed by atoms with Crippen molar-refractivity contribution >= 4 is 32.3 Å². The smallest absolute Gasteiger partial charge is 0.241 e. The average Bonchev–Trinajstić information content (AvgIpc) is 3.14. The summed E-state index contributed by atoms with van der Waals surface area (Å²) >= 11 is 1.49. The van der Waals surface area contributed by atoms with Gasteiger partial charge >= 0.3 is 0 Å². The molecule has 10 heteroatoms. The SMILES string of the molecule is COc1cc(CC(=O)Nc2sc3c(c2C#N)CN(CC2CCCCC2)CC3)ccc1S(N)(=O)=O. The maximum absolute atomic E-state index is 12.8. The molecule has 2 aliphatic rings. The van der Waals surface area contributed by atoms with Crippen molar-refractivity contribution < 1.29 is 17.9 Å². The van der Waals surface area contributed by atoms with E-state index in [9.17, 15) is 18.5 Å². The lowest BCUT2D eigenvalue weighted by atomic mass is 9.88. The summed E-state index contributed by atoms with van der Waals surface area (Å²) in [6, 6.07) is 6.67. The first-order chi connectivity index (χ1) is 16.3. The Morgan fingerprint density at radius 3 is 2.76 bits per heavy atom. The van der Waals surface area contributed by atoms with Gasteiger partial charge in [-0.25, -0.2) is 13.6 Å². The van der Waals surface area contributed by atoms with E-state index < -0.39 is 10.0 Å². The van der Waals surface area contributed by atoms with Crippen molar-refractivity contribution in [1.82, 2.24) is 4.90 Å². The van der Waals surface area contributed by atoms with Crippen LogP contribution >= 0.6 is 11.3 Å². The normalized spacial score (nSPS) is 17.1. The Labute approximate surface area is 204 Å². The van der Waals surface area contributed by atoms with Gasteiger partial charge in [0.25, 0.3) is 0 Å². The molecule has 1 aromatic heterocycles. The molecule has 34 heavy (non-hydrogen) atoms. The molecule has 2 heterocycles. The fourth-order valence-electron chi connectivity index (χ4n) is 4.95. The molecular weight excluding hydrogens is 472 g/mol. The number of fused-ring (bicyclic) bond motifs is 1. The number of nitrogens with one attached hydrogen (secondary N) is 1. The maximum Gasteiger partial charge on any atom is 0.241 e. The van der Waals surface area contributed by atoms with E-state index in [1.54, 1.807) is 0 Å². The van der Waals surface area contributed by atoms with Crippen LogP contribution in [0.5, 0.6) is 5.75 Å². The number of benzene rings is 1. The number of carbonyl (C=O) groups excluding carboxylic acids is 1. The molecule has 1 saturated carbocycles. The Morgan fingerprint density at radius 2 is 2.09 bits per heavy atom. The summed E-state index contributed by atoms with van der Waals surface area (Å²) in [5.74, 6) is 0.561. The number of ether oxygens (including phenoxy) is 1. The number of amides is 1. The van der Waals surface area contributed by atoms with E-state index in [1.807, 2.05) is 0 Å². The van der Waals surface area contributed by atoms with Crippen molar-refractivity contribution in [2.24, 2.45) is 11.1 Å². The van der Waals surface area contributed by atoms with Gasteiger partial charge in [0.05, 0.1) is 19.1 Å². The molecule has 1 amide bonds. The Morgan fingerprint density at radius 1 is 1.32 bits per heavy atom. The monoisotopic (exact) mass is 502 g/mol. The lowest BCUT2D eigenvalue weighted by molar-refractivity contribution is -0.115. The number of nitrogens with zero attached hydrogens (tertiary/aromatic N) is 2. The highest BCUT2D eigenvalue weighted by atomic mass is 32.2. The summed E-state index contributed by atoms with van der Waals surface area (Å²) in [5.41, 5.74) is 2.19. The zero-order valence-corrected chi connectivity index (χ0v) is 20.9. The van der Waals surface area contributed by atoms with Crippen LogP contribution in [-0.4, -0.2) is 39.4 Å². The van der Waals surface area contributed by atoms with E-state index in [1.165, 1.54) is 73.6 Å². The minimum Gasteiger partial charge on any atom is -0.495 e. The first-order valence-corrected chi connectivity index (χ1v) is 13.9. The lowest BCUT2D eigenvalue weighted by Crippen LogP contribution is -2.34. The molecule has 1 aliphatic carbocycles. The van der Waals surface area contributed by atoms with Crippen LogP contribution < -0.4 is 15.2 Å². The molecule has 2 aromatic rings. The number of rotatable bonds is 7. The predicted octanol–water partition coefficient (Wildman–Crippen LogP) is 3.40. The van der Waals surface area contributed by atoms with Crippen LogP contribution in [0.4, 0.5) is 5.00 Å². The molecule has 4 rings (SSSR count). The van der Waals surface area contributed by atoms with Gasteiger partial charge in [-0.3, -0.25) is 9.69 Å².